The number of aromatic nitrogens is 1. The average molecular weight is 354 g/mol. The van der Waals surface area contributed by atoms with Crippen LogP contribution in [0.5, 0.6) is 5.88 Å². The molecule has 1 N–H and O–H groups in total. The minimum Gasteiger partial charge on any atom is -0.494 e. The highest BCUT2D eigenvalue weighted by Crippen LogP contribution is 2.40. The van der Waals surface area contributed by atoms with Crippen LogP contribution in [0, 0.1) is 11.8 Å². The SMILES string of the molecule is CC(Cc1ccc2c(c1)c(C1=NCCOC1)c(O)n2C1COC1)C1CC1. The molecule has 1 atom stereocenters. The van der Waals surface area contributed by atoms with Crippen LogP contribution in [0.3, 0.4) is 0 Å². The minimum absolute atomic E-state index is 0.201. The van der Waals surface area contributed by atoms with E-state index >= 15 is 0 Å². The molecule has 0 radical (unpaired) electrons. The highest BCUT2D eigenvalue weighted by Gasteiger charge is 2.31. The standard InChI is InChI=1S/C21H26N2O3/c1-13(15-3-4-15)8-14-2-5-19-17(9-14)20(18-12-25-7-6-22-18)21(24)23(19)16-10-26-11-16/h2,5,9,13,15-16,24H,3-4,6-8,10-12H2,1H3. The molecule has 0 spiro atoms. The van der Waals surface area contributed by atoms with Crippen molar-refractivity contribution in [2.24, 2.45) is 16.8 Å². The first-order valence-corrected chi connectivity index (χ1v) is 9.77. The van der Waals surface area contributed by atoms with Crippen LogP contribution in [0.2, 0.25) is 0 Å². The smallest absolute Gasteiger partial charge is 0.201 e. The number of hydrogen-bond donors (Lipinski definition) is 1. The monoisotopic (exact) mass is 354 g/mol. The van der Waals surface area contributed by atoms with Crippen molar-refractivity contribution >= 4 is 16.6 Å². The van der Waals surface area contributed by atoms with Gasteiger partial charge in [0.15, 0.2) is 0 Å². The zero-order chi connectivity index (χ0) is 17.7. The van der Waals surface area contributed by atoms with Gasteiger partial charge in [-0.15, -0.1) is 0 Å². The first-order chi connectivity index (χ1) is 12.7. The number of fused-ring (bicyclic) bond motifs is 1. The summed E-state index contributed by atoms with van der Waals surface area (Å²) in [5.74, 6) is 1.93. The van der Waals surface area contributed by atoms with Crippen molar-refractivity contribution in [2.45, 2.75) is 32.2 Å². The van der Waals surface area contributed by atoms with E-state index in [0.29, 0.717) is 38.9 Å². The topological polar surface area (TPSA) is 56.0 Å². The first kappa shape index (κ1) is 16.3. The Morgan fingerprint density at radius 1 is 1.27 bits per heavy atom. The highest BCUT2D eigenvalue weighted by atomic mass is 16.5. The summed E-state index contributed by atoms with van der Waals surface area (Å²) in [6.07, 6.45) is 3.85. The van der Waals surface area contributed by atoms with Crippen molar-refractivity contribution in [2.75, 3.05) is 33.0 Å². The number of benzene rings is 1. The second kappa shape index (κ2) is 6.39. The number of nitrogens with zero attached hydrogens (tertiary/aromatic N) is 2. The maximum Gasteiger partial charge on any atom is 0.201 e. The number of hydrogen-bond acceptors (Lipinski definition) is 4. The number of aromatic hydroxyl groups is 1. The van der Waals surface area contributed by atoms with E-state index in [-0.39, 0.29) is 6.04 Å². The molecule has 1 aromatic carbocycles. The van der Waals surface area contributed by atoms with Gasteiger partial charge < -0.3 is 19.1 Å². The van der Waals surface area contributed by atoms with Crippen LogP contribution in [0.15, 0.2) is 23.2 Å². The van der Waals surface area contributed by atoms with E-state index in [1.165, 1.54) is 18.4 Å². The van der Waals surface area contributed by atoms with Crippen LogP contribution in [0.4, 0.5) is 0 Å². The molecule has 1 unspecified atom stereocenters. The van der Waals surface area contributed by atoms with Crippen molar-refractivity contribution in [1.82, 2.24) is 4.57 Å². The molecule has 3 heterocycles. The fraction of sp³-hybridized carbons (Fsp3) is 0.571. The summed E-state index contributed by atoms with van der Waals surface area (Å²) in [4.78, 5) is 4.64. The van der Waals surface area contributed by atoms with Gasteiger partial charge in [0.05, 0.1) is 55.8 Å². The lowest BCUT2D eigenvalue weighted by Gasteiger charge is -2.29. The Balaban J connectivity index is 1.61. The minimum atomic E-state index is 0.201. The lowest BCUT2D eigenvalue weighted by Crippen LogP contribution is -2.30. The van der Waals surface area contributed by atoms with E-state index in [1.54, 1.807) is 0 Å². The van der Waals surface area contributed by atoms with Crippen LogP contribution < -0.4 is 0 Å². The molecule has 2 aromatic rings. The summed E-state index contributed by atoms with van der Waals surface area (Å²) in [6, 6.07) is 6.85. The van der Waals surface area contributed by atoms with Gasteiger partial charge in [-0.2, -0.15) is 0 Å². The van der Waals surface area contributed by atoms with E-state index in [4.69, 9.17) is 9.47 Å². The number of aliphatic imine (C=N–C) groups is 1. The molecule has 2 aliphatic heterocycles. The molecule has 0 bridgehead atoms. The van der Waals surface area contributed by atoms with Crippen molar-refractivity contribution in [3.63, 3.8) is 0 Å². The van der Waals surface area contributed by atoms with Crippen LogP contribution in [0.25, 0.3) is 10.9 Å². The maximum atomic E-state index is 11.0. The van der Waals surface area contributed by atoms with Gasteiger partial charge in [0.1, 0.15) is 0 Å². The Kier molecular flexibility index (Phi) is 4.02. The summed E-state index contributed by atoms with van der Waals surface area (Å²) < 4.78 is 13.0. The fourth-order valence-corrected chi connectivity index (χ4v) is 4.32. The summed E-state index contributed by atoms with van der Waals surface area (Å²) >= 11 is 0. The molecule has 2 fully saturated rings. The van der Waals surface area contributed by atoms with Crippen LogP contribution in [-0.4, -0.2) is 48.4 Å². The third-order valence-electron chi connectivity index (χ3n) is 6.08. The van der Waals surface area contributed by atoms with Gasteiger partial charge in [0.25, 0.3) is 0 Å². The Labute approximate surface area is 153 Å². The normalized spacial score (nSPS) is 22.3. The molecular formula is C21H26N2O3. The zero-order valence-corrected chi connectivity index (χ0v) is 15.3. The summed E-state index contributed by atoms with van der Waals surface area (Å²) in [5, 5.41) is 12.1. The Morgan fingerprint density at radius 3 is 2.77 bits per heavy atom. The highest BCUT2D eigenvalue weighted by molar-refractivity contribution is 6.14. The van der Waals surface area contributed by atoms with E-state index in [2.05, 4.69) is 30.1 Å². The van der Waals surface area contributed by atoms with E-state index in [0.717, 1.165) is 40.4 Å². The van der Waals surface area contributed by atoms with E-state index in [1.807, 2.05) is 4.57 Å². The van der Waals surface area contributed by atoms with E-state index < -0.39 is 0 Å². The van der Waals surface area contributed by atoms with Crippen molar-refractivity contribution in [3.8, 4) is 5.88 Å². The Hall–Kier alpha value is -1.85. The molecule has 1 saturated heterocycles. The van der Waals surface area contributed by atoms with Gasteiger partial charge >= 0.3 is 0 Å². The average Bonchev–Trinajstić information content (AvgIpc) is 3.41. The zero-order valence-electron chi connectivity index (χ0n) is 15.3. The van der Waals surface area contributed by atoms with Gasteiger partial charge in [-0.3, -0.25) is 4.99 Å². The molecule has 1 saturated carbocycles. The summed E-state index contributed by atoms with van der Waals surface area (Å²) in [5.41, 5.74) is 4.14. The Bertz CT molecular complexity index is 862. The van der Waals surface area contributed by atoms with Crippen LogP contribution in [0.1, 0.15) is 36.9 Å². The molecule has 5 heteroatoms. The molecule has 26 heavy (non-hydrogen) atoms. The molecule has 138 valence electrons. The van der Waals surface area contributed by atoms with Gasteiger partial charge in [-0.05, 0) is 48.8 Å². The van der Waals surface area contributed by atoms with Gasteiger partial charge in [-0.1, -0.05) is 13.0 Å². The largest absolute Gasteiger partial charge is 0.494 e. The molecular weight excluding hydrogens is 328 g/mol. The molecule has 1 aromatic heterocycles. The second-order valence-corrected chi connectivity index (χ2v) is 8.01. The van der Waals surface area contributed by atoms with Crippen LogP contribution in [-0.2, 0) is 15.9 Å². The lowest BCUT2D eigenvalue weighted by atomic mass is 9.95. The second-order valence-electron chi connectivity index (χ2n) is 8.01. The molecule has 5 rings (SSSR count). The molecule has 1 aliphatic carbocycles. The third kappa shape index (κ3) is 2.74. The van der Waals surface area contributed by atoms with Crippen molar-refractivity contribution in [1.29, 1.82) is 0 Å². The predicted octanol–water partition coefficient (Wildman–Crippen LogP) is 3.33. The fourth-order valence-electron chi connectivity index (χ4n) is 4.32. The number of ether oxygens (including phenoxy) is 2. The molecule has 5 nitrogen and oxygen atoms in total. The quantitative estimate of drug-likeness (QED) is 0.896. The Morgan fingerprint density at radius 2 is 2.12 bits per heavy atom. The molecule has 0 amide bonds. The summed E-state index contributed by atoms with van der Waals surface area (Å²) in [7, 11) is 0. The predicted molar refractivity (Wildman–Crippen MR) is 101 cm³/mol. The van der Waals surface area contributed by atoms with Gasteiger partial charge in [0, 0.05) is 5.39 Å². The first-order valence-electron chi connectivity index (χ1n) is 9.77. The third-order valence-corrected chi connectivity index (χ3v) is 6.08. The van der Waals surface area contributed by atoms with E-state index in [9.17, 15) is 5.11 Å². The number of rotatable bonds is 5. The van der Waals surface area contributed by atoms with Gasteiger partial charge in [0.2, 0.25) is 5.88 Å². The van der Waals surface area contributed by atoms with Crippen molar-refractivity contribution < 1.29 is 14.6 Å². The van der Waals surface area contributed by atoms with Crippen molar-refractivity contribution in [3.05, 3.63) is 29.3 Å². The maximum absolute atomic E-state index is 11.0. The summed E-state index contributed by atoms with van der Waals surface area (Å²) in [6.45, 7) is 5.45. The van der Waals surface area contributed by atoms with Crippen LogP contribution >= 0.6 is 0 Å². The molecule has 3 aliphatic rings. The lowest BCUT2D eigenvalue weighted by molar-refractivity contribution is -0.0238. The van der Waals surface area contributed by atoms with Gasteiger partial charge in [-0.25, -0.2) is 0 Å².